The Bertz CT molecular complexity index is 848. The predicted octanol–water partition coefficient (Wildman–Crippen LogP) is 1.94. The highest BCUT2D eigenvalue weighted by molar-refractivity contribution is 8.01. The van der Waals surface area contributed by atoms with Gasteiger partial charge in [0.1, 0.15) is 6.61 Å². The highest BCUT2D eigenvalue weighted by atomic mass is 32.2. The fraction of sp³-hybridized carbons (Fsp3) is 0.562. The van der Waals surface area contributed by atoms with Crippen molar-refractivity contribution in [1.29, 1.82) is 0 Å². The highest BCUT2D eigenvalue weighted by Crippen LogP contribution is 2.37. The molecule has 2 aliphatic rings. The normalized spacial score (nSPS) is 25.8. The Kier molecular flexibility index (Phi) is 6.42. The van der Waals surface area contributed by atoms with Crippen LogP contribution in [0.2, 0.25) is 0 Å². The summed E-state index contributed by atoms with van der Waals surface area (Å²) in [6.07, 6.45) is 1.22. The van der Waals surface area contributed by atoms with E-state index in [4.69, 9.17) is 4.74 Å². The van der Waals surface area contributed by atoms with Gasteiger partial charge >= 0.3 is 6.09 Å². The molecule has 0 radical (unpaired) electrons. The molecule has 0 aromatic heterocycles. The second-order valence-electron chi connectivity index (χ2n) is 6.72. The Balaban J connectivity index is 1.66. The Morgan fingerprint density at radius 1 is 1.39 bits per heavy atom. The van der Waals surface area contributed by atoms with Crippen LogP contribution >= 0.6 is 24.4 Å². The molecule has 12 heteroatoms. The molecule has 0 saturated carbocycles. The molecule has 1 aromatic carbocycles. The van der Waals surface area contributed by atoms with Crippen molar-refractivity contribution in [3.8, 4) is 0 Å². The van der Waals surface area contributed by atoms with Gasteiger partial charge in [0.2, 0.25) is 10.0 Å². The summed E-state index contributed by atoms with van der Waals surface area (Å²) < 4.78 is 30.9. The second kappa shape index (κ2) is 8.47. The topological polar surface area (TPSA) is 110 Å². The van der Waals surface area contributed by atoms with E-state index in [1.807, 2.05) is 0 Å². The standard InChI is InChI=1S/C16H21N3O6S3/c1-28(23,24)18-6-7-27-15(18)14-8-13(26)9-17(14)16(20)25-10-11-2-4-12(5-3-11)19(21)22/h2-5,13-15,26H,6-10H2,1H3. The third kappa shape index (κ3) is 4.73. The molecule has 154 valence electrons. The van der Waals surface area contributed by atoms with E-state index in [2.05, 4.69) is 12.6 Å². The van der Waals surface area contributed by atoms with Crippen LogP contribution in [0.1, 0.15) is 12.0 Å². The van der Waals surface area contributed by atoms with Crippen molar-refractivity contribution in [2.45, 2.75) is 29.7 Å². The second-order valence-corrected chi connectivity index (χ2v) is 10.6. The first-order chi connectivity index (χ1) is 13.2. The number of rotatable bonds is 5. The van der Waals surface area contributed by atoms with Gasteiger partial charge in [-0.05, 0) is 24.1 Å². The maximum absolute atomic E-state index is 12.6. The molecular weight excluding hydrogens is 426 g/mol. The number of non-ortho nitro benzene ring substituents is 1. The van der Waals surface area contributed by atoms with Crippen LogP contribution in [0.5, 0.6) is 0 Å². The summed E-state index contributed by atoms with van der Waals surface area (Å²) in [6.45, 7) is 0.778. The molecule has 2 fully saturated rings. The molecule has 3 atom stereocenters. The van der Waals surface area contributed by atoms with E-state index in [-0.39, 0.29) is 29.0 Å². The van der Waals surface area contributed by atoms with Crippen molar-refractivity contribution in [3.63, 3.8) is 0 Å². The Morgan fingerprint density at radius 2 is 2.07 bits per heavy atom. The minimum Gasteiger partial charge on any atom is -0.445 e. The van der Waals surface area contributed by atoms with Crippen molar-refractivity contribution in [1.82, 2.24) is 9.21 Å². The Morgan fingerprint density at radius 3 is 2.68 bits per heavy atom. The molecule has 0 N–H and O–H groups in total. The van der Waals surface area contributed by atoms with Gasteiger partial charge in [-0.1, -0.05) is 0 Å². The van der Waals surface area contributed by atoms with Gasteiger partial charge in [0.05, 0.1) is 22.6 Å². The average Bonchev–Trinajstić information content (AvgIpc) is 3.26. The summed E-state index contributed by atoms with van der Waals surface area (Å²) >= 11 is 5.99. The fourth-order valence-corrected chi connectivity index (χ4v) is 6.79. The summed E-state index contributed by atoms with van der Waals surface area (Å²) in [7, 11) is -3.37. The summed E-state index contributed by atoms with van der Waals surface area (Å²) in [4.78, 5) is 24.4. The number of nitrogens with zero attached hydrogens (tertiary/aromatic N) is 3. The van der Waals surface area contributed by atoms with Crippen LogP contribution in [-0.2, 0) is 21.4 Å². The number of benzene rings is 1. The first-order valence-electron chi connectivity index (χ1n) is 8.60. The lowest BCUT2D eigenvalue weighted by atomic mass is 10.2. The molecule has 1 aromatic rings. The first kappa shape index (κ1) is 21.2. The molecule has 2 saturated heterocycles. The number of thioether (sulfide) groups is 1. The molecule has 28 heavy (non-hydrogen) atoms. The molecule has 2 aliphatic heterocycles. The number of carbonyl (C=O) groups excluding carboxylic acids is 1. The number of thiol groups is 1. The summed E-state index contributed by atoms with van der Waals surface area (Å²) in [6, 6.07) is 5.46. The molecule has 3 unspecified atom stereocenters. The number of nitro benzene ring substituents is 1. The number of amides is 1. The van der Waals surface area contributed by atoms with Gasteiger partial charge in [0.25, 0.3) is 5.69 Å². The van der Waals surface area contributed by atoms with Gasteiger partial charge in [-0.3, -0.25) is 10.1 Å². The molecule has 0 spiro atoms. The maximum atomic E-state index is 12.6. The smallest absolute Gasteiger partial charge is 0.410 e. The van der Waals surface area contributed by atoms with Gasteiger partial charge in [-0.15, -0.1) is 11.8 Å². The Labute approximate surface area is 173 Å². The van der Waals surface area contributed by atoms with Crippen molar-refractivity contribution in [3.05, 3.63) is 39.9 Å². The van der Waals surface area contributed by atoms with Crippen LogP contribution < -0.4 is 0 Å². The van der Waals surface area contributed by atoms with Crippen LogP contribution in [-0.4, -0.2) is 70.4 Å². The van der Waals surface area contributed by atoms with E-state index < -0.39 is 21.0 Å². The predicted molar refractivity (Wildman–Crippen MR) is 109 cm³/mol. The molecule has 0 bridgehead atoms. The van der Waals surface area contributed by atoms with Crippen LogP contribution in [0, 0.1) is 10.1 Å². The van der Waals surface area contributed by atoms with Crippen LogP contribution in [0.4, 0.5) is 10.5 Å². The van der Waals surface area contributed by atoms with E-state index in [0.717, 1.165) is 0 Å². The molecule has 0 aliphatic carbocycles. The SMILES string of the molecule is CS(=O)(=O)N1CCSC1C1CC(S)CN1C(=O)OCc1ccc([N+](=O)[O-])cc1. The van der Waals surface area contributed by atoms with E-state index in [1.165, 1.54) is 46.6 Å². The van der Waals surface area contributed by atoms with Crippen LogP contribution in [0.3, 0.4) is 0 Å². The zero-order valence-electron chi connectivity index (χ0n) is 15.1. The van der Waals surface area contributed by atoms with Crippen LogP contribution in [0.25, 0.3) is 0 Å². The lowest BCUT2D eigenvalue weighted by Crippen LogP contribution is -2.48. The minimum atomic E-state index is -3.37. The first-order valence-corrected chi connectivity index (χ1v) is 12.0. The molecule has 3 rings (SSSR count). The van der Waals surface area contributed by atoms with E-state index >= 15 is 0 Å². The minimum absolute atomic E-state index is 0.0229. The highest BCUT2D eigenvalue weighted by Gasteiger charge is 2.46. The van der Waals surface area contributed by atoms with Crippen molar-refractivity contribution in [2.75, 3.05) is 25.1 Å². The van der Waals surface area contributed by atoms with E-state index in [1.54, 1.807) is 4.90 Å². The zero-order valence-corrected chi connectivity index (χ0v) is 17.7. The van der Waals surface area contributed by atoms with Gasteiger partial charge in [-0.25, -0.2) is 13.2 Å². The summed E-state index contributed by atoms with van der Waals surface area (Å²) in [5, 5.41) is 10.3. The van der Waals surface area contributed by atoms with Crippen molar-refractivity contribution < 1.29 is 22.9 Å². The number of hydrogen-bond donors (Lipinski definition) is 1. The largest absolute Gasteiger partial charge is 0.445 e. The average molecular weight is 448 g/mol. The third-order valence-electron chi connectivity index (χ3n) is 4.70. The van der Waals surface area contributed by atoms with E-state index in [0.29, 0.717) is 30.8 Å². The monoisotopic (exact) mass is 447 g/mol. The van der Waals surface area contributed by atoms with Gasteiger partial charge < -0.3 is 9.64 Å². The number of ether oxygens (including phenoxy) is 1. The fourth-order valence-electron chi connectivity index (χ4n) is 3.40. The molecular formula is C16H21N3O6S3. The van der Waals surface area contributed by atoms with Gasteiger partial charge in [0.15, 0.2) is 0 Å². The quantitative estimate of drug-likeness (QED) is 0.417. The lowest BCUT2D eigenvalue weighted by Gasteiger charge is -2.32. The van der Waals surface area contributed by atoms with Crippen molar-refractivity contribution in [2.24, 2.45) is 0 Å². The van der Waals surface area contributed by atoms with Crippen molar-refractivity contribution >= 4 is 46.2 Å². The van der Waals surface area contributed by atoms with Crippen LogP contribution in [0.15, 0.2) is 24.3 Å². The molecule has 9 nitrogen and oxygen atoms in total. The molecule has 2 heterocycles. The zero-order chi connectivity index (χ0) is 20.5. The Hall–Kier alpha value is -1.50. The summed E-state index contributed by atoms with van der Waals surface area (Å²) in [5.74, 6) is 0.678. The summed E-state index contributed by atoms with van der Waals surface area (Å²) in [5.41, 5.74) is 0.594. The van der Waals surface area contributed by atoms with E-state index in [9.17, 15) is 23.3 Å². The maximum Gasteiger partial charge on any atom is 0.410 e. The molecule has 1 amide bonds. The number of nitro groups is 1. The number of likely N-dealkylation sites (tertiary alicyclic amines) is 1. The number of sulfonamides is 1. The lowest BCUT2D eigenvalue weighted by molar-refractivity contribution is -0.384. The van der Waals surface area contributed by atoms with Gasteiger partial charge in [0, 0.05) is 36.2 Å². The third-order valence-corrected chi connectivity index (χ3v) is 7.80. The number of carbonyl (C=O) groups is 1. The van der Waals surface area contributed by atoms with Gasteiger partial charge in [-0.2, -0.15) is 16.9 Å². The number of hydrogen-bond acceptors (Lipinski definition) is 8.